The van der Waals surface area contributed by atoms with Crippen LogP contribution in [-0.2, 0) is 0 Å². The van der Waals surface area contributed by atoms with Crippen molar-refractivity contribution in [2.24, 2.45) is 5.73 Å². The highest BCUT2D eigenvalue weighted by atomic mass is 32.1. The summed E-state index contributed by atoms with van der Waals surface area (Å²) in [7, 11) is 0. The van der Waals surface area contributed by atoms with E-state index in [-0.39, 0.29) is 6.04 Å². The molecule has 0 amide bonds. The molecule has 1 atom stereocenters. The summed E-state index contributed by atoms with van der Waals surface area (Å²) < 4.78 is 0. The number of thiazole rings is 1. The fraction of sp³-hybridized carbons (Fsp3) is 0.400. The molecule has 3 heteroatoms. The monoisotopic (exact) mass is 258 g/mol. The molecule has 1 aliphatic carbocycles. The highest BCUT2D eigenvalue weighted by Crippen LogP contribution is 2.45. The van der Waals surface area contributed by atoms with Crippen LogP contribution in [0.25, 0.3) is 10.6 Å². The van der Waals surface area contributed by atoms with Crippen molar-refractivity contribution in [3.05, 3.63) is 40.4 Å². The minimum atomic E-state index is 0.0735. The first kappa shape index (κ1) is 11.9. The van der Waals surface area contributed by atoms with Gasteiger partial charge in [0.15, 0.2) is 0 Å². The Morgan fingerprint density at radius 1 is 1.33 bits per heavy atom. The number of benzene rings is 1. The van der Waals surface area contributed by atoms with Gasteiger partial charge in [0.05, 0.1) is 5.69 Å². The number of rotatable bonds is 3. The molecule has 1 heterocycles. The zero-order valence-corrected chi connectivity index (χ0v) is 11.6. The second-order valence-electron chi connectivity index (χ2n) is 5.12. The average Bonchev–Trinajstić information content (AvgIpc) is 3.12. The molecule has 1 aliphatic rings. The predicted octanol–water partition coefficient (Wildman–Crippen LogP) is 4.02. The standard InChI is InChI=1S/C15H18N2S/c1-9(16)14-10(2)17-15(18-14)13-6-4-3-5-12(13)11-7-8-11/h3-6,9,11H,7-8,16H2,1-2H3. The van der Waals surface area contributed by atoms with Gasteiger partial charge in [0, 0.05) is 16.5 Å². The molecule has 0 saturated heterocycles. The summed E-state index contributed by atoms with van der Waals surface area (Å²) in [6.07, 6.45) is 2.64. The SMILES string of the molecule is Cc1nc(-c2ccccc2C2CC2)sc1C(C)N. The number of nitrogens with zero attached hydrogens (tertiary/aromatic N) is 1. The van der Waals surface area contributed by atoms with E-state index < -0.39 is 0 Å². The Hall–Kier alpha value is -1.19. The Kier molecular flexibility index (Phi) is 2.96. The van der Waals surface area contributed by atoms with Crippen molar-refractivity contribution in [2.45, 2.75) is 38.6 Å². The van der Waals surface area contributed by atoms with E-state index in [1.54, 1.807) is 11.3 Å². The molecule has 0 spiro atoms. The lowest BCUT2D eigenvalue weighted by Gasteiger charge is -2.05. The average molecular weight is 258 g/mol. The van der Waals surface area contributed by atoms with Crippen molar-refractivity contribution >= 4 is 11.3 Å². The fourth-order valence-electron chi connectivity index (χ4n) is 2.39. The van der Waals surface area contributed by atoms with Crippen LogP contribution < -0.4 is 5.73 Å². The van der Waals surface area contributed by atoms with E-state index in [4.69, 9.17) is 10.7 Å². The lowest BCUT2D eigenvalue weighted by atomic mass is 10.0. The van der Waals surface area contributed by atoms with Crippen LogP contribution in [0.1, 0.15) is 47.9 Å². The number of aromatic nitrogens is 1. The maximum atomic E-state index is 5.99. The normalized spacial score (nSPS) is 16.8. The van der Waals surface area contributed by atoms with Gasteiger partial charge < -0.3 is 5.73 Å². The van der Waals surface area contributed by atoms with Crippen LogP contribution in [0, 0.1) is 6.92 Å². The largest absolute Gasteiger partial charge is 0.323 e. The van der Waals surface area contributed by atoms with Crippen molar-refractivity contribution in [3.8, 4) is 10.6 Å². The molecule has 2 N–H and O–H groups in total. The number of hydrogen-bond donors (Lipinski definition) is 1. The Morgan fingerprint density at radius 3 is 2.67 bits per heavy atom. The van der Waals surface area contributed by atoms with Crippen LogP contribution in [0.4, 0.5) is 0 Å². The molecule has 0 aliphatic heterocycles. The third-order valence-corrected chi connectivity index (χ3v) is 4.85. The summed E-state index contributed by atoms with van der Waals surface area (Å²) in [6.45, 7) is 4.08. The summed E-state index contributed by atoms with van der Waals surface area (Å²) in [5, 5.41) is 1.13. The van der Waals surface area contributed by atoms with E-state index in [1.807, 2.05) is 6.92 Å². The molecule has 1 aromatic heterocycles. The van der Waals surface area contributed by atoms with Crippen molar-refractivity contribution in [1.29, 1.82) is 0 Å². The molecule has 2 nitrogen and oxygen atoms in total. The smallest absolute Gasteiger partial charge is 0.124 e. The lowest BCUT2D eigenvalue weighted by molar-refractivity contribution is 0.825. The van der Waals surface area contributed by atoms with Gasteiger partial charge in [-0.2, -0.15) is 0 Å². The van der Waals surface area contributed by atoms with Gasteiger partial charge in [0.1, 0.15) is 5.01 Å². The van der Waals surface area contributed by atoms with E-state index in [1.165, 1.54) is 28.8 Å². The van der Waals surface area contributed by atoms with Crippen molar-refractivity contribution in [1.82, 2.24) is 4.98 Å². The van der Waals surface area contributed by atoms with Gasteiger partial charge in [-0.15, -0.1) is 11.3 Å². The fourth-order valence-corrected chi connectivity index (χ4v) is 3.45. The molecule has 94 valence electrons. The number of aryl methyl sites for hydroxylation is 1. The van der Waals surface area contributed by atoms with Crippen LogP contribution in [-0.4, -0.2) is 4.98 Å². The first-order valence-corrected chi connectivity index (χ1v) is 7.30. The Labute approximate surface area is 112 Å². The third-order valence-electron chi connectivity index (χ3n) is 3.45. The minimum absolute atomic E-state index is 0.0735. The van der Waals surface area contributed by atoms with Gasteiger partial charge in [-0.25, -0.2) is 4.98 Å². The van der Waals surface area contributed by atoms with Crippen LogP contribution in [0.5, 0.6) is 0 Å². The molecule has 1 unspecified atom stereocenters. The first-order chi connectivity index (χ1) is 8.66. The highest BCUT2D eigenvalue weighted by molar-refractivity contribution is 7.15. The van der Waals surface area contributed by atoms with Gasteiger partial charge in [-0.05, 0) is 38.2 Å². The summed E-state index contributed by atoms with van der Waals surface area (Å²) in [5.74, 6) is 0.754. The number of hydrogen-bond acceptors (Lipinski definition) is 3. The number of nitrogens with two attached hydrogens (primary N) is 1. The van der Waals surface area contributed by atoms with Crippen LogP contribution in [0.3, 0.4) is 0 Å². The van der Waals surface area contributed by atoms with Gasteiger partial charge in [-0.1, -0.05) is 24.3 Å². The van der Waals surface area contributed by atoms with Crippen molar-refractivity contribution in [3.63, 3.8) is 0 Å². The van der Waals surface area contributed by atoms with Crippen molar-refractivity contribution < 1.29 is 0 Å². The predicted molar refractivity (Wildman–Crippen MR) is 76.9 cm³/mol. The van der Waals surface area contributed by atoms with Crippen LogP contribution in [0.15, 0.2) is 24.3 Å². The molecule has 1 fully saturated rings. The summed E-state index contributed by atoms with van der Waals surface area (Å²) in [4.78, 5) is 5.92. The van der Waals surface area contributed by atoms with Crippen LogP contribution in [0.2, 0.25) is 0 Å². The molecule has 0 bridgehead atoms. The van der Waals surface area contributed by atoms with Gasteiger partial charge >= 0.3 is 0 Å². The molecule has 2 aromatic rings. The molecule has 3 rings (SSSR count). The van der Waals surface area contributed by atoms with Crippen molar-refractivity contribution in [2.75, 3.05) is 0 Å². The zero-order valence-electron chi connectivity index (χ0n) is 10.8. The summed E-state index contributed by atoms with van der Waals surface area (Å²) in [6, 6.07) is 8.74. The van der Waals surface area contributed by atoms with E-state index in [2.05, 4.69) is 31.2 Å². The summed E-state index contributed by atoms with van der Waals surface area (Å²) in [5.41, 5.74) is 9.83. The molecule has 0 radical (unpaired) electrons. The molecule has 1 aromatic carbocycles. The first-order valence-electron chi connectivity index (χ1n) is 6.49. The van der Waals surface area contributed by atoms with E-state index >= 15 is 0 Å². The maximum Gasteiger partial charge on any atom is 0.124 e. The van der Waals surface area contributed by atoms with E-state index in [0.717, 1.165) is 16.6 Å². The van der Waals surface area contributed by atoms with Crippen LogP contribution >= 0.6 is 11.3 Å². The third kappa shape index (κ3) is 2.08. The molecular weight excluding hydrogens is 240 g/mol. The van der Waals surface area contributed by atoms with Gasteiger partial charge in [0.25, 0.3) is 0 Å². The molecule has 1 saturated carbocycles. The van der Waals surface area contributed by atoms with E-state index in [0.29, 0.717) is 0 Å². The second kappa shape index (κ2) is 4.48. The molecular formula is C15H18N2S. The quantitative estimate of drug-likeness (QED) is 0.903. The Balaban J connectivity index is 2.07. The zero-order chi connectivity index (χ0) is 12.7. The minimum Gasteiger partial charge on any atom is -0.323 e. The van der Waals surface area contributed by atoms with E-state index in [9.17, 15) is 0 Å². The molecule has 18 heavy (non-hydrogen) atoms. The Morgan fingerprint density at radius 2 is 2.06 bits per heavy atom. The lowest BCUT2D eigenvalue weighted by Crippen LogP contribution is -2.03. The highest BCUT2D eigenvalue weighted by Gasteiger charge is 2.27. The maximum absolute atomic E-state index is 5.99. The topological polar surface area (TPSA) is 38.9 Å². The summed E-state index contributed by atoms with van der Waals surface area (Å²) >= 11 is 1.74. The Bertz CT molecular complexity index is 568. The second-order valence-corrected chi connectivity index (χ2v) is 6.15. The van der Waals surface area contributed by atoms with Gasteiger partial charge in [0.2, 0.25) is 0 Å². The van der Waals surface area contributed by atoms with Gasteiger partial charge in [-0.3, -0.25) is 0 Å².